The normalized spacial score (nSPS) is 17.3. The largest absolute Gasteiger partial charge is 0.418 e. The van der Waals surface area contributed by atoms with Crippen molar-refractivity contribution < 1.29 is 21.6 Å². The molecule has 11 heteroatoms. The summed E-state index contributed by atoms with van der Waals surface area (Å²) in [5, 5.41) is 1.46. The van der Waals surface area contributed by atoms with E-state index in [0.717, 1.165) is 18.7 Å². The Balaban J connectivity index is 1.55. The number of aromatic nitrogens is 1. The summed E-state index contributed by atoms with van der Waals surface area (Å²) in [6.45, 7) is 2.13. The molecule has 2 heterocycles. The number of anilines is 2. The zero-order valence-corrected chi connectivity index (χ0v) is 19.4. The number of halogens is 3. The zero-order valence-electron chi connectivity index (χ0n) is 17.8. The number of rotatable bonds is 7. The Bertz CT molecular complexity index is 1190. The molecule has 4 rings (SSSR count). The Morgan fingerprint density at radius 2 is 1.97 bits per heavy atom. The van der Waals surface area contributed by atoms with E-state index < -0.39 is 26.7 Å². The fourth-order valence-corrected chi connectivity index (χ4v) is 5.57. The highest BCUT2D eigenvalue weighted by molar-refractivity contribution is 7.92. The first-order valence-corrected chi connectivity index (χ1v) is 12.7. The van der Waals surface area contributed by atoms with Gasteiger partial charge in [0, 0.05) is 43.8 Å². The Kier molecular flexibility index (Phi) is 6.64. The average Bonchev–Trinajstić information content (AvgIpc) is 3.45. The maximum Gasteiger partial charge on any atom is 0.418 e. The van der Waals surface area contributed by atoms with E-state index in [0.29, 0.717) is 19.0 Å². The van der Waals surface area contributed by atoms with Crippen LogP contribution >= 0.6 is 11.3 Å². The molecule has 0 aliphatic carbocycles. The monoisotopic (exact) mass is 496 g/mol. The lowest BCUT2D eigenvalue weighted by Gasteiger charge is -2.30. The molecule has 1 aromatic heterocycles. The van der Waals surface area contributed by atoms with Crippen LogP contribution in [0.4, 0.5) is 24.7 Å². The van der Waals surface area contributed by atoms with Gasteiger partial charge in [-0.2, -0.15) is 13.2 Å². The molecule has 1 aliphatic rings. The highest BCUT2D eigenvalue weighted by Gasteiger charge is 2.38. The van der Waals surface area contributed by atoms with Crippen LogP contribution in [0, 0.1) is 0 Å². The molecule has 0 saturated carbocycles. The lowest BCUT2D eigenvalue weighted by Crippen LogP contribution is -2.35. The molecular formula is C22H23F3N4O2S2. The number of likely N-dealkylation sites (tertiary alicyclic amines) is 1. The number of likely N-dealkylation sites (N-methyl/N-ethyl adjacent to an activating group) is 1. The molecule has 33 heavy (non-hydrogen) atoms. The van der Waals surface area contributed by atoms with Gasteiger partial charge in [0.25, 0.3) is 10.0 Å². The Morgan fingerprint density at radius 1 is 1.21 bits per heavy atom. The Hall–Kier alpha value is -2.63. The quantitative estimate of drug-likeness (QED) is 0.515. The van der Waals surface area contributed by atoms with Gasteiger partial charge >= 0.3 is 6.18 Å². The summed E-state index contributed by atoms with van der Waals surface area (Å²) in [6, 6.07) is 12.9. The zero-order chi connectivity index (χ0) is 23.6. The maximum absolute atomic E-state index is 13.9. The van der Waals surface area contributed by atoms with Gasteiger partial charge in [0.1, 0.15) is 0 Å². The molecule has 176 valence electrons. The molecule has 1 saturated heterocycles. The summed E-state index contributed by atoms with van der Waals surface area (Å²) < 4.78 is 69.2. The van der Waals surface area contributed by atoms with Crippen molar-refractivity contribution in [3.8, 4) is 0 Å². The standard InChI is InChI=1S/C22H23F3N4O2S2/c1-28(17-9-10-29(13-17)12-16-5-3-2-4-6-16)20-8-7-18(11-19(20)22(23,24)25)33(30,31)27-21-14-32-15-26-21/h2-8,11,14-15,17,27H,9-10,12-13H2,1H3. The van der Waals surface area contributed by atoms with Crippen LogP contribution in [0.1, 0.15) is 17.5 Å². The van der Waals surface area contributed by atoms with Gasteiger partial charge in [-0.1, -0.05) is 30.3 Å². The molecular weight excluding hydrogens is 473 g/mol. The molecule has 1 N–H and O–H groups in total. The highest BCUT2D eigenvalue weighted by atomic mass is 32.2. The van der Waals surface area contributed by atoms with Crippen molar-refractivity contribution in [1.82, 2.24) is 9.88 Å². The first-order valence-electron chi connectivity index (χ1n) is 10.2. The minimum absolute atomic E-state index is 0.0401. The predicted octanol–water partition coefficient (Wildman–Crippen LogP) is 4.67. The minimum atomic E-state index is -4.71. The first-order chi connectivity index (χ1) is 15.6. The smallest absolute Gasteiger partial charge is 0.370 e. The number of thiazole rings is 1. The van der Waals surface area contributed by atoms with Crippen molar-refractivity contribution in [3.63, 3.8) is 0 Å². The SMILES string of the molecule is CN(c1ccc(S(=O)(=O)Nc2cscn2)cc1C(F)(F)F)C1CCN(Cc2ccccc2)C1. The van der Waals surface area contributed by atoms with Crippen molar-refractivity contribution in [3.05, 3.63) is 70.5 Å². The first kappa shape index (κ1) is 23.5. The molecule has 6 nitrogen and oxygen atoms in total. The van der Waals surface area contributed by atoms with Crippen LogP contribution in [0.3, 0.4) is 0 Å². The second-order valence-electron chi connectivity index (χ2n) is 7.93. The summed E-state index contributed by atoms with van der Waals surface area (Å²) in [7, 11) is -2.58. The number of benzene rings is 2. The van der Waals surface area contributed by atoms with Crippen LogP contribution in [-0.4, -0.2) is 44.5 Å². The summed E-state index contributed by atoms with van der Waals surface area (Å²) in [5.74, 6) is 0.0687. The van der Waals surface area contributed by atoms with Gasteiger partial charge in [-0.3, -0.25) is 9.62 Å². The molecule has 1 unspecified atom stereocenters. The average molecular weight is 497 g/mol. The van der Waals surface area contributed by atoms with Crippen molar-refractivity contribution in [2.45, 2.75) is 30.1 Å². The maximum atomic E-state index is 13.9. The van der Waals surface area contributed by atoms with E-state index in [9.17, 15) is 21.6 Å². The molecule has 2 aromatic carbocycles. The van der Waals surface area contributed by atoms with E-state index in [1.165, 1.54) is 34.4 Å². The third-order valence-electron chi connectivity index (χ3n) is 5.68. The number of hydrogen-bond donors (Lipinski definition) is 1. The van der Waals surface area contributed by atoms with Crippen molar-refractivity contribution in [2.75, 3.05) is 29.8 Å². The summed E-state index contributed by atoms with van der Waals surface area (Å²) >= 11 is 1.18. The second kappa shape index (κ2) is 9.32. The number of nitrogens with zero attached hydrogens (tertiary/aromatic N) is 3. The van der Waals surface area contributed by atoms with Crippen molar-refractivity contribution >= 4 is 32.9 Å². The molecule has 1 atom stereocenters. The third-order valence-corrected chi connectivity index (χ3v) is 7.62. The Morgan fingerprint density at radius 3 is 2.64 bits per heavy atom. The lowest BCUT2D eigenvalue weighted by atomic mass is 10.1. The van der Waals surface area contributed by atoms with Gasteiger partial charge in [0.2, 0.25) is 0 Å². The number of hydrogen-bond acceptors (Lipinski definition) is 6. The summed E-state index contributed by atoms with van der Waals surface area (Å²) in [5.41, 5.74) is 1.56. The molecule has 0 spiro atoms. The van der Waals surface area contributed by atoms with E-state index in [-0.39, 0.29) is 17.5 Å². The van der Waals surface area contributed by atoms with Gasteiger partial charge < -0.3 is 4.90 Å². The fourth-order valence-electron chi connectivity index (χ4n) is 3.99. The van der Waals surface area contributed by atoms with E-state index in [2.05, 4.69) is 14.6 Å². The van der Waals surface area contributed by atoms with Gasteiger partial charge in [-0.05, 0) is 30.2 Å². The van der Waals surface area contributed by atoms with Crippen LogP contribution < -0.4 is 9.62 Å². The van der Waals surface area contributed by atoms with E-state index >= 15 is 0 Å². The van der Waals surface area contributed by atoms with Crippen LogP contribution in [0.2, 0.25) is 0 Å². The summed E-state index contributed by atoms with van der Waals surface area (Å²) in [4.78, 5) is 7.18. The molecule has 1 fully saturated rings. The van der Waals surface area contributed by atoms with Gasteiger partial charge in [-0.25, -0.2) is 13.4 Å². The molecule has 0 radical (unpaired) electrons. The third kappa shape index (κ3) is 5.48. The molecule has 0 bridgehead atoms. The van der Waals surface area contributed by atoms with E-state index in [4.69, 9.17) is 0 Å². The second-order valence-corrected chi connectivity index (χ2v) is 10.3. The van der Waals surface area contributed by atoms with Crippen molar-refractivity contribution in [2.24, 2.45) is 0 Å². The summed E-state index contributed by atoms with van der Waals surface area (Å²) in [6.07, 6.45) is -4.00. The highest BCUT2D eigenvalue weighted by Crippen LogP contribution is 2.39. The predicted molar refractivity (Wildman–Crippen MR) is 123 cm³/mol. The number of sulfonamides is 1. The number of nitrogens with one attached hydrogen (secondary N) is 1. The van der Waals surface area contributed by atoms with E-state index in [1.807, 2.05) is 30.3 Å². The van der Waals surface area contributed by atoms with Crippen LogP contribution in [0.25, 0.3) is 0 Å². The van der Waals surface area contributed by atoms with Gasteiger partial charge in [-0.15, -0.1) is 11.3 Å². The molecule has 1 aliphatic heterocycles. The van der Waals surface area contributed by atoms with Crippen LogP contribution in [0.5, 0.6) is 0 Å². The Labute approximate surface area is 194 Å². The molecule has 0 amide bonds. The van der Waals surface area contributed by atoms with Gasteiger partial charge in [0.05, 0.1) is 16.0 Å². The number of alkyl halides is 3. The van der Waals surface area contributed by atoms with Crippen LogP contribution in [-0.2, 0) is 22.7 Å². The molecule has 3 aromatic rings. The van der Waals surface area contributed by atoms with Crippen molar-refractivity contribution in [1.29, 1.82) is 0 Å². The van der Waals surface area contributed by atoms with Crippen LogP contribution in [0.15, 0.2) is 64.3 Å². The minimum Gasteiger partial charge on any atom is -0.370 e. The fraction of sp³-hybridized carbons (Fsp3) is 0.318. The van der Waals surface area contributed by atoms with E-state index in [1.54, 1.807) is 11.9 Å². The van der Waals surface area contributed by atoms with Gasteiger partial charge in [0.15, 0.2) is 5.82 Å². The topological polar surface area (TPSA) is 65.5 Å². The lowest BCUT2D eigenvalue weighted by molar-refractivity contribution is -0.137.